The monoisotopic (exact) mass is 326 g/mol. The first-order chi connectivity index (χ1) is 8.62. The molecule has 0 N–H and O–H groups in total. The third-order valence-electron chi connectivity index (χ3n) is 4.50. The first kappa shape index (κ1) is 12.9. The number of hydrogen-bond donors (Lipinski definition) is 0. The van der Waals surface area contributed by atoms with Gasteiger partial charge in [0.1, 0.15) is 0 Å². The summed E-state index contributed by atoms with van der Waals surface area (Å²) in [6.07, 6.45) is 1.31. The molecule has 2 aliphatic rings. The number of hydrogen-bond acceptors (Lipinski definition) is 2. The zero-order chi connectivity index (χ0) is 12.8. The van der Waals surface area contributed by atoms with E-state index in [2.05, 4.69) is 66.1 Å². The highest BCUT2D eigenvalue weighted by Crippen LogP contribution is 2.45. The van der Waals surface area contributed by atoms with Crippen molar-refractivity contribution < 1.29 is 0 Å². The molecule has 1 aromatic rings. The van der Waals surface area contributed by atoms with Crippen molar-refractivity contribution >= 4 is 31.0 Å². The predicted molar refractivity (Wildman–Crippen MR) is 84.2 cm³/mol. The maximum Gasteiger partial charge on any atom is 0.0486 e. The van der Waals surface area contributed by atoms with Crippen molar-refractivity contribution in [2.45, 2.75) is 24.7 Å². The summed E-state index contributed by atoms with van der Waals surface area (Å²) in [7, 11) is 2.87. The van der Waals surface area contributed by atoms with Crippen LogP contribution in [0.3, 0.4) is 0 Å². The van der Waals surface area contributed by atoms with Crippen LogP contribution in [0, 0.1) is 5.41 Å². The van der Waals surface area contributed by atoms with Crippen LogP contribution < -0.4 is 4.90 Å². The molecule has 0 aromatic heterocycles. The summed E-state index contributed by atoms with van der Waals surface area (Å²) in [5.41, 5.74) is 3.20. The maximum absolute atomic E-state index is 3.50. The van der Waals surface area contributed by atoms with Crippen molar-refractivity contribution in [1.82, 2.24) is 4.67 Å². The first-order valence-electron chi connectivity index (χ1n) is 6.53. The molecular formula is C14H20BrN2P. The lowest BCUT2D eigenvalue weighted by Crippen LogP contribution is -2.37. The standard InChI is InChI=1S/C14H20BrN2P/c1-14-6-7-17(13(14)9-16(18)10-14)12-4-2-11(8-15)3-5-12/h2-5,13H,6-10,18H2,1H3/t13-,14+/m0/s1. The summed E-state index contributed by atoms with van der Waals surface area (Å²) in [6, 6.07) is 9.67. The van der Waals surface area contributed by atoms with E-state index in [1.54, 1.807) is 0 Å². The Balaban J connectivity index is 1.84. The summed E-state index contributed by atoms with van der Waals surface area (Å²) >= 11 is 3.50. The zero-order valence-corrected chi connectivity index (χ0v) is 13.5. The van der Waals surface area contributed by atoms with Crippen molar-refractivity contribution in [3.8, 4) is 0 Å². The molecule has 1 aromatic carbocycles. The molecule has 1 unspecified atom stereocenters. The van der Waals surface area contributed by atoms with Gasteiger partial charge in [-0.2, -0.15) is 0 Å². The molecule has 4 heteroatoms. The minimum absolute atomic E-state index is 0.468. The van der Waals surface area contributed by atoms with E-state index in [9.17, 15) is 0 Å². The van der Waals surface area contributed by atoms with Gasteiger partial charge >= 0.3 is 0 Å². The highest BCUT2D eigenvalue weighted by molar-refractivity contribution is 9.08. The van der Waals surface area contributed by atoms with E-state index < -0.39 is 0 Å². The number of rotatable bonds is 2. The molecular weight excluding hydrogens is 307 g/mol. The average Bonchev–Trinajstić information content (AvgIpc) is 2.81. The largest absolute Gasteiger partial charge is 0.367 e. The third-order valence-corrected chi connectivity index (χ3v) is 5.54. The molecule has 0 aliphatic carbocycles. The van der Waals surface area contributed by atoms with E-state index in [4.69, 9.17) is 0 Å². The molecule has 2 fully saturated rings. The molecule has 0 radical (unpaired) electrons. The van der Waals surface area contributed by atoms with Gasteiger partial charge in [-0.25, -0.2) is 0 Å². The van der Waals surface area contributed by atoms with E-state index in [0.29, 0.717) is 11.5 Å². The normalized spacial score (nSPS) is 31.9. The van der Waals surface area contributed by atoms with Crippen LogP contribution in [-0.2, 0) is 5.33 Å². The number of halogens is 1. The van der Waals surface area contributed by atoms with Gasteiger partial charge in [0.2, 0.25) is 0 Å². The quantitative estimate of drug-likeness (QED) is 0.608. The van der Waals surface area contributed by atoms with Gasteiger partial charge in [0.15, 0.2) is 0 Å². The molecule has 0 amide bonds. The highest BCUT2D eigenvalue weighted by atomic mass is 79.9. The fourth-order valence-electron chi connectivity index (χ4n) is 3.41. The molecule has 2 aliphatic heterocycles. The molecule has 18 heavy (non-hydrogen) atoms. The van der Waals surface area contributed by atoms with E-state index in [-0.39, 0.29) is 0 Å². The molecule has 2 nitrogen and oxygen atoms in total. The van der Waals surface area contributed by atoms with Crippen LogP contribution >= 0.6 is 25.3 Å². The smallest absolute Gasteiger partial charge is 0.0486 e. The van der Waals surface area contributed by atoms with Crippen molar-refractivity contribution in [2.75, 3.05) is 24.5 Å². The molecule has 0 saturated carbocycles. The van der Waals surface area contributed by atoms with Crippen LogP contribution in [0.15, 0.2) is 24.3 Å². The predicted octanol–water partition coefficient (Wildman–Crippen LogP) is 3.27. The second-order valence-corrected chi connectivity index (χ2v) is 7.13. The topological polar surface area (TPSA) is 6.48 Å². The Kier molecular flexibility index (Phi) is 3.42. The van der Waals surface area contributed by atoms with Crippen molar-refractivity contribution in [2.24, 2.45) is 5.41 Å². The fraction of sp³-hybridized carbons (Fsp3) is 0.571. The Labute approximate surface area is 120 Å². The summed E-state index contributed by atoms with van der Waals surface area (Å²) in [5, 5.41) is 0.938. The Morgan fingerprint density at radius 1 is 1.39 bits per heavy atom. The number of anilines is 1. The van der Waals surface area contributed by atoms with Gasteiger partial charge in [0, 0.05) is 42.1 Å². The summed E-state index contributed by atoms with van der Waals surface area (Å²) < 4.78 is 2.39. The van der Waals surface area contributed by atoms with E-state index >= 15 is 0 Å². The molecule has 3 rings (SSSR count). The number of nitrogens with zero attached hydrogens (tertiary/aromatic N) is 2. The van der Waals surface area contributed by atoms with Crippen molar-refractivity contribution in [3.05, 3.63) is 29.8 Å². The van der Waals surface area contributed by atoms with Crippen LogP contribution in [0.25, 0.3) is 0 Å². The number of alkyl halides is 1. The van der Waals surface area contributed by atoms with Gasteiger partial charge in [-0.15, -0.1) is 0 Å². The van der Waals surface area contributed by atoms with Gasteiger partial charge in [0.25, 0.3) is 0 Å². The van der Waals surface area contributed by atoms with E-state index in [1.807, 2.05) is 0 Å². The molecule has 2 heterocycles. The van der Waals surface area contributed by atoms with Crippen LogP contribution in [-0.4, -0.2) is 30.3 Å². The lowest BCUT2D eigenvalue weighted by atomic mass is 9.85. The van der Waals surface area contributed by atoms with Gasteiger partial charge < -0.3 is 4.90 Å². The average molecular weight is 327 g/mol. The Morgan fingerprint density at radius 3 is 2.78 bits per heavy atom. The molecule has 3 atom stereocenters. The van der Waals surface area contributed by atoms with Crippen molar-refractivity contribution in [1.29, 1.82) is 0 Å². The third kappa shape index (κ3) is 2.11. The Morgan fingerprint density at radius 2 is 2.11 bits per heavy atom. The van der Waals surface area contributed by atoms with Gasteiger partial charge in [-0.1, -0.05) is 44.4 Å². The first-order valence-corrected chi connectivity index (χ1v) is 8.17. The number of fused-ring (bicyclic) bond motifs is 1. The highest BCUT2D eigenvalue weighted by Gasteiger charge is 2.49. The molecule has 98 valence electrons. The van der Waals surface area contributed by atoms with Crippen LogP contribution in [0.4, 0.5) is 5.69 Å². The van der Waals surface area contributed by atoms with Gasteiger partial charge in [0.05, 0.1) is 0 Å². The summed E-state index contributed by atoms with van der Waals surface area (Å²) in [4.78, 5) is 2.60. The minimum atomic E-state index is 0.468. The van der Waals surface area contributed by atoms with Crippen molar-refractivity contribution in [3.63, 3.8) is 0 Å². The second kappa shape index (κ2) is 4.77. The second-order valence-electron chi connectivity index (χ2n) is 5.84. The van der Waals surface area contributed by atoms with Crippen LogP contribution in [0.2, 0.25) is 0 Å². The van der Waals surface area contributed by atoms with E-state index in [1.165, 1.54) is 37.3 Å². The van der Waals surface area contributed by atoms with Crippen LogP contribution in [0.5, 0.6) is 0 Å². The lowest BCUT2D eigenvalue weighted by molar-refractivity contribution is 0.347. The Bertz CT molecular complexity index is 436. The molecule has 2 saturated heterocycles. The number of benzene rings is 1. The van der Waals surface area contributed by atoms with Crippen LogP contribution in [0.1, 0.15) is 18.9 Å². The minimum Gasteiger partial charge on any atom is -0.367 e. The zero-order valence-electron chi connectivity index (χ0n) is 10.8. The van der Waals surface area contributed by atoms with Gasteiger partial charge in [-0.3, -0.25) is 4.67 Å². The molecule has 0 bridgehead atoms. The Hall–Kier alpha value is -0.110. The molecule has 0 spiro atoms. The SMILES string of the molecule is C[C@]12CCN(c3ccc(CBr)cc3)[C@H]1CN(P)C2. The fourth-order valence-corrected chi connectivity index (χ4v) is 4.40. The summed E-state index contributed by atoms with van der Waals surface area (Å²) in [5.74, 6) is 0. The maximum atomic E-state index is 3.50. The van der Waals surface area contributed by atoms with Gasteiger partial charge in [-0.05, 0) is 24.1 Å². The van der Waals surface area contributed by atoms with E-state index in [0.717, 1.165) is 5.33 Å². The lowest BCUT2D eigenvalue weighted by Gasteiger charge is -2.29. The summed E-state index contributed by atoms with van der Waals surface area (Å²) in [6.45, 7) is 6.02.